The zero-order valence-corrected chi connectivity index (χ0v) is 24.4. The molecule has 2 aromatic heterocycles. The summed E-state index contributed by atoms with van der Waals surface area (Å²) in [6, 6.07) is 27.2. The maximum absolute atomic E-state index is 15.8. The van der Waals surface area contributed by atoms with Gasteiger partial charge in [-0.2, -0.15) is 4.98 Å². The van der Waals surface area contributed by atoms with Crippen LogP contribution in [0.25, 0.3) is 21.6 Å². The Kier molecular flexibility index (Phi) is 7.54. The van der Waals surface area contributed by atoms with E-state index >= 15 is 4.39 Å². The van der Waals surface area contributed by atoms with Gasteiger partial charge in [0.05, 0.1) is 13.4 Å². The molecule has 2 N–H and O–H groups in total. The lowest BCUT2D eigenvalue weighted by molar-refractivity contribution is -0.0846. The average molecular weight is 595 g/mol. The molecule has 3 heterocycles. The Labute approximate surface area is 252 Å². The molecule has 1 fully saturated rings. The number of halogens is 1. The van der Waals surface area contributed by atoms with Gasteiger partial charge in [0.2, 0.25) is 5.95 Å². The molecule has 3 aromatic carbocycles. The van der Waals surface area contributed by atoms with Gasteiger partial charge in [0, 0.05) is 10.8 Å². The molecule has 0 amide bonds. The van der Waals surface area contributed by atoms with Crippen molar-refractivity contribution in [2.45, 2.75) is 43.9 Å². The van der Waals surface area contributed by atoms with Gasteiger partial charge >= 0.3 is 0 Å². The van der Waals surface area contributed by atoms with Gasteiger partial charge in [0.25, 0.3) is 5.56 Å². The van der Waals surface area contributed by atoms with Crippen LogP contribution in [-0.2, 0) is 10.3 Å². The van der Waals surface area contributed by atoms with E-state index in [-0.39, 0.29) is 23.5 Å². The first kappa shape index (κ1) is 28.9. The lowest BCUT2D eigenvalue weighted by atomic mass is 9.77. The highest BCUT2D eigenvalue weighted by Crippen LogP contribution is 2.47. The second-order valence-corrected chi connectivity index (χ2v) is 10.7. The summed E-state index contributed by atoms with van der Waals surface area (Å²) in [5.74, 6) is 0.0754. The zero-order valence-electron chi connectivity index (χ0n) is 24.4. The first-order chi connectivity index (χ1) is 21.4. The minimum atomic E-state index is -1.55. The smallest absolute Gasteiger partial charge is 0.280 e. The molecule has 224 valence electrons. The van der Waals surface area contributed by atoms with Crippen LogP contribution in [0.5, 0.6) is 5.75 Å². The number of aromatic amines is 1. The summed E-state index contributed by atoms with van der Waals surface area (Å²) < 4.78 is 28.7. The zero-order chi connectivity index (χ0) is 30.9. The summed E-state index contributed by atoms with van der Waals surface area (Å²) in [6.45, 7) is 3.40. The van der Waals surface area contributed by atoms with Crippen molar-refractivity contribution < 1.29 is 13.9 Å². The van der Waals surface area contributed by atoms with Gasteiger partial charge in [-0.05, 0) is 40.8 Å². The van der Waals surface area contributed by atoms with E-state index in [1.54, 1.807) is 21.0 Å². The van der Waals surface area contributed by atoms with Gasteiger partial charge in [-0.1, -0.05) is 91.8 Å². The number of H-pyrrole nitrogens is 1. The van der Waals surface area contributed by atoms with Crippen LogP contribution in [0.1, 0.15) is 43.2 Å². The summed E-state index contributed by atoms with van der Waals surface area (Å²) in [5, 5.41) is 7.35. The molecule has 0 aliphatic carbocycles. The van der Waals surface area contributed by atoms with Crippen molar-refractivity contribution in [2.75, 3.05) is 12.4 Å². The molecule has 12 heteroatoms. The maximum atomic E-state index is 15.8. The number of azide groups is 1. The van der Waals surface area contributed by atoms with Gasteiger partial charge in [-0.25, -0.2) is 9.37 Å². The Bertz CT molecular complexity index is 1830. The van der Waals surface area contributed by atoms with Crippen molar-refractivity contribution in [3.63, 3.8) is 0 Å². The molecule has 0 spiro atoms. The molecule has 4 atom stereocenters. The number of ether oxygens (including phenoxy) is 2. The molecule has 1 aliphatic rings. The van der Waals surface area contributed by atoms with Crippen LogP contribution >= 0.6 is 0 Å². The number of alkyl halides is 1. The lowest BCUT2D eigenvalue weighted by Crippen LogP contribution is -2.39. The van der Waals surface area contributed by atoms with Crippen LogP contribution in [0.3, 0.4) is 0 Å². The third kappa shape index (κ3) is 4.64. The van der Waals surface area contributed by atoms with Crippen molar-refractivity contribution in [2.24, 2.45) is 11.0 Å². The number of aromatic nitrogens is 4. The number of anilines is 1. The highest BCUT2D eigenvalue weighted by atomic mass is 19.1. The van der Waals surface area contributed by atoms with Gasteiger partial charge in [-0.3, -0.25) is 14.3 Å². The van der Waals surface area contributed by atoms with Gasteiger partial charge in [-0.15, -0.1) is 0 Å². The summed E-state index contributed by atoms with van der Waals surface area (Å²) in [6.07, 6.45) is -1.17. The number of nitrogens with one attached hydrogen (secondary N) is 2. The molecule has 1 aliphatic heterocycles. The van der Waals surface area contributed by atoms with E-state index in [4.69, 9.17) is 14.5 Å². The summed E-state index contributed by atoms with van der Waals surface area (Å²) in [5.41, 5.74) is 9.00. The normalized spacial score (nSPS) is 21.6. The second-order valence-electron chi connectivity index (χ2n) is 10.7. The fraction of sp³-hybridized carbons (Fsp3) is 0.281. The second kappa shape index (κ2) is 11.5. The number of hydrogen-bond acceptors (Lipinski definition) is 7. The Balaban J connectivity index is 1.53. The van der Waals surface area contributed by atoms with E-state index < -0.39 is 35.1 Å². The number of hydrogen-bond donors (Lipinski definition) is 2. The van der Waals surface area contributed by atoms with Crippen LogP contribution in [0.4, 0.5) is 10.3 Å². The minimum absolute atomic E-state index is 0.0197. The SMILES string of the molecule is CC[C@@]1(N=[N+]=[N-])O[C@@H](n2cnc3c(=O)[nH]c(NC(c4ccccc4)(c4ccccc4)c4ccc(OC)cc4)nc32)[C@H](F)[C@@H]1C. The van der Waals surface area contributed by atoms with Crippen LogP contribution in [0, 0.1) is 5.92 Å². The molecule has 1 saturated heterocycles. The predicted molar refractivity (Wildman–Crippen MR) is 164 cm³/mol. The predicted octanol–water partition coefficient (Wildman–Crippen LogP) is 6.45. The van der Waals surface area contributed by atoms with Crippen LogP contribution in [0.2, 0.25) is 0 Å². The molecule has 0 unspecified atom stereocenters. The number of methoxy groups -OCH3 is 1. The first-order valence-electron chi connectivity index (χ1n) is 14.3. The third-order valence-electron chi connectivity index (χ3n) is 8.46. The van der Waals surface area contributed by atoms with Crippen molar-refractivity contribution in [3.8, 4) is 5.75 Å². The third-order valence-corrected chi connectivity index (χ3v) is 8.46. The van der Waals surface area contributed by atoms with E-state index in [0.29, 0.717) is 5.75 Å². The molecule has 0 saturated carbocycles. The van der Waals surface area contributed by atoms with E-state index in [1.165, 1.54) is 10.9 Å². The number of benzene rings is 3. The van der Waals surface area contributed by atoms with E-state index in [2.05, 4.69) is 25.3 Å². The van der Waals surface area contributed by atoms with Crippen molar-refractivity contribution in [3.05, 3.63) is 129 Å². The van der Waals surface area contributed by atoms with Gasteiger partial charge in [0.1, 0.15) is 11.3 Å². The Morgan fingerprint density at radius 2 is 1.70 bits per heavy atom. The molecule has 6 rings (SSSR count). The van der Waals surface area contributed by atoms with E-state index in [9.17, 15) is 10.3 Å². The largest absolute Gasteiger partial charge is 0.497 e. The van der Waals surface area contributed by atoms with Crippen molar-refractivity contribution >= 4 is 17.1 Å². The maximum Gasteiger partial charge on any atom is 0.280 e. The number of nitrogens with zero attached hydrogens (tertiary/aromatic N) is 6. The minimum Gasteiger partial charge on any atom is -0.497 e. The highest BCUT2D eigenvalue weighted by molar-refractivity contribution is 5.71. The summed E-state index contributed by atoms with van der Waals surface area (Å²) in [7, 11) is 1.61. The summed E-state index contributed by atoms with van der Waals surface area (Å²) >= 11 is 0. The Morgan fingerprint density at radius 1 is 1.09 bits per heavy atom. The molecule has 44 heavy (non-hydrogen) atoms. The average Bonchev–Trinajstić information content (AvgIpc) is 3.60. The highest BCUT2D eigenvalue weighted by Gasteiger charge is 2.53. The van der Waals surface area contributed by atoms with Gasteiger partial charge < -0.3 is 14.8 Å². The van der Waals surface area contributed by atoms with Crippen molar-refractivity contribution in [1.82, 2.24) is 19.5 Å². The summed E-state index contributed by atoms with van der Waals surface area (Å²) in [4.78, 5) is 28.2. The van der Waals surface area contributed by atoms with E-state index in [0.717, 1.165) is 16.7 Å². The molecule has 0 radical (unpaired) electrons. The Morgan fingerprint density at radius 3 is 2.27 bits per heavy atom. The molecule has 5 aromatic rings. The first-order valence-corrected chi connectivity index (χ1v) is 14.3. The fourth-order valence-electron chi connectivity index (χ4n) is 6.04. The monoisotopic (exact) mass is 594 g/mol. The van der Waals surface area contributed by atoms with Crippen LogP contribution in [-0.4, -0.2) is 38.5 Å². The molecular formula is C32H31FN8O3. The molecular weight excluding hydrogens is 563 g/mol. The number of rotatable bonds is 9. The Hall–Kier alpha value is -5.19. The standard InChI is InChI=1S/C32H31FN8O3/c1-4-31(39-40-34)20(2)25(33)29(44-31)41-19-35-26-27(41)36-30(37-28(26)42)38-32(21-11-7-5-8-12-21,22-13-9-6-10-14-22)23-15-17-24(43-3)18-16-23/h5-20,25,29H,4H2,1-3H3,(H2,36,37,38,42)/t20-,25+,29+,31+/m0/s1. The lowest BCUT2D eigenvalue weighted by Gasteiger charge is -2.37. The molecule has 0 bridgehead atoms. The van der Waals surface area contributed by atoms with Crippen LogP contribution < -0.4 is 15.6 Å². The topological polar surface area (TPSA) is 143 Å². The molecule has 11 nitrogen and oxygen atoms in total. The van der Waals surface area contributed by atoms with Crippen LogP contribution in [0.15, 0.2) is 101 Å². The number of imidazole rings is 1. The van der Waals surface area contributed by atoms with Gasteiger partial charge in [0.15, 0.2) is 29.3 Å². The fourth-order valence-corrected chi connectivity index (χ4v) is 6.04. The van der Waals surface area contributed by atoms with Crippen molar-refractivity contribution in [1.29, 1.82) is 0 Å². The quantitative estimate of drug-likeness (QED) is 0.0869. The van der Waals surface area contributed by atoms with E-state index in [1.807, 2.05) is 84.9 Å². The number of fused-ring (bicyclic) bond motifs is 1.